The lowest BCUT2D eigenvalue weighted by molar-refractivity contribution is 0.225. The van der Waals surface area contributed by atoms with Crippen molar-refractivity contribution in [3.8, 4) is 17.6 Å². The van der Waals surface area contributed by atoms with E-state index in [9.17, 15) is 10.4 Å². The highest BCUT2D eigenvalue weighted by Crippen LogP contribution is 2.28. The molecule has 3 rings (SSSR count). The number of aromatic nitrogens is 2. The van der Waals surface area contributed by atoms with Crippen LogP contribution in [0, 0.1) is 11.3 Å². The first kappa shape index (κ1) is 21.2. The number of H-pyrrole nitrogens is 1. The van der Waals surface area contributed by atoms with Crippen molar-refractivity contribution in [2.24, 2.45) is 0 Å². The molecule has 0 aliphatic carbocycles. The summed E-state index contributed by atoms with van der Waals surface area (Å²) in [5.74, 6) is 1.74. The van der Waals surface area contributed by atoms with Crippen molar-refractivity contribution in [2.45, 2.75) is 19.4 Å². The van der Waals surface area contributed by atoms with E-state index in [1.807, 2.05) is 61.3 Å². The Hall–Kier alpha value is -3.50. The maximum atomic E-state index is 10.8. The van der Waals surface area contributed by atoms with E-state index < -0.39 is 0 Å². The number of likely N-dealkylation sites (N-methyl/N-ethyl adjacent to an activating group) is 1. The van der Waals surface area contributed by atoms with Crippen molar-refractivity contribution < 1.29 is 14.6 Å². The second kappa shape index (κ2) is 9.33. The minimum absolute atomic E-state index is 0.00799. The quantitative estimate of drug-likeness (QED) is 0.435. The maximum absolute atomic E-state index is 10.8. The number of methoxy groups -OCH3 is 2. The summed E-state index contributed by atoms with van der Waals surface area (Å²) in [4.78, 5) is 9.53. The monoisotopic (exact) mass is 406 g/mol. The summed E-state index contributed by atoms with van der Waals surface area (Å²) in [6, 6.07) is 15.1. The number of nitrogens with zero attached hydrogens (tertiary/aromatic N) is 3. The molecule has 0 saturated heterocycles. The normalized spacial score (nSPS) is 13.1. The number of hydrogen-bond acceptors (Lipinski definition) is 6. The summed E-state index contributed by atoms with van der Waals surface area (Å²) >= 11 is 0. The molecule has 0 fully saturated rings. The third-order valence-electron chi connectivity index (χ3n) is 5.25. The SMILES string of the molecule is COc1ccc(CCN(C)[C@H](C)/C(O)=C(\C#N)c2nc3ccccc3[nH]2)cc1OC. The standard InChI is InChI=1S/C23H26N4O3/c1-15(27(2)12-11-16-9-10-20(29-3)21(13-16)30-4)22(28)17(14-24)23-25-18-7-5-6-8-19(18)26-23/h5-10,13,15,28H,11-12H2,1-4H3,(H,25,26)/b22-17-/t15-/m1/s1. The van der Waals surface area contributed by atoms with E-state index in [-0.39, 0.29) is 17.4 Å². The molecule has 7 heteroatoms. The van der Waals surface area contributed by atoms with Gasteiger partial charge in [0, 0.05) is 6.54 Å². The number of ether oxygens (including phenoxy) is 2. The highest BCUT2D eigenvalue weighted by molar-refractivity contribution is 5.83. The van der Waals surface area contributed by atoms with E-state index >= 15 is 0 Å². The first-order valence-electron chi connectivity index (χ1n) is 9.68. The fourth-order valence-electron chi connectivity index (χ4n) is 3.26. The van der Waals surface area contributed by atoms with Gasteiger partial charge in [0.1, 0.15) is 17.4 Å². The first-order chi connectivity index (χ1) is 14.5. The van der Waals surface area contributed by atoms with E-state index in [0.29, 0.717) is 23.9 Å². The average molecular weight is 406 g/mol. The van der Waals surface area contributed by atoms with Crippen LogP contribution in [0.2, 0.25) is 0 Å². The Labute approximate surface area is 176 Å². The minimum atomic E-state index is -0.354. The number of imidazole rings is 1. The smallest absolute Gasteiger partial charge is 0.160 e. The number of rotatable bonds is 8. The topological polar surface area (TPSA) is 94.4 Å². The highest BCUT2D eigenvalue weighted by atomic mass is 16.5. The number of hydrogen-bond donors (Lipinski definition) is 2. The van der Waals surface area contributed by atoms with Gasteiger partial charge in [0.25, 0.3) is 0 Å². The van der Waals surface area contributed by atoms with Gasteiger partial charge in [-0.3, -0.25) is 4.90 Å². The molecule has 3 aromatic rings. The Bertz CT molecular complexity index is 1060. The Morgan fingerprint density at radius 3 is 2.60 bits per heavy atom. The Morgan fingerprint density at radius 2 is 1.93 bits per heavy atom. The van der Waals surface area contributed by atoms with E-state index in [0.717, 1.165) is 23.0 Å². The predicted molar refractivity (Wildman–Crippen MR) is 117 cm³/mol. The molecule has 2 N–H and O–H groups in total. The molecule has 156 valence electrons. The summed E-state index contributed by atoms with van der Waals surface area (Å²) in [5.41, 5.74) is 2.81. The molecule has 0 bridgehead atoms. The Morgan fingerprint density at radius 1 is 1.20 bits per heavy atom. The van der Waals surface area contributed by atoms with Crippen molar-refractivity contribution in [3.63, 3.8) is 0 Å². The van der Waals surface area contributed by atoms with Gasteiger partial charge in [-0.25, -0.2) is 4.98 Å². The first-order valence-corrected chi connectivity index (χ1v) is 9.68. The summed E-state index contributed by atoms with van der Waals surface area (Å²) < 4.78 is 10.6. The molecule has 0 amide bonds. The van der Waals surface area contributed by atoms with Crippen molar-refractivity contribution in [2.75, 3.05) is 27.8 Å². The molecule has 2 aromatic carbocycles. The highest BCUT2D eigenvalue weighted by Gasteiger charge is 2.21. The van der Waals surface area contributed by atoms with Crippen LogP contribution in [0.15, 0.2) is 48.2 Å². The Balaban J connectivity index is 1.75. The fourth-order valence-corrected chi connectivity index (χ4v) is 3.26. The zero-order chi connectivity index (χ0) is 21.7. The number of allylic oxidation sites excluding steroid dienone is 1. The van der Waals surface area contributed by atoms with Crippen LogP contribution in [-0.4, -0.2) is 53.8 Å². The Kier molecular flexibility index (Phi) is 6.60. The van der Waals surface area contributed by atoms with Crippen molar-refractivity contribution >= 4 is 16.6 Å². The van der Waals surface area contributed by atoms with Gasteiger partial charge in [-0.05, 0) is 50.2 Å². The molecular weight excluding hydrogens is 380 g/mol. The van der Waals surface area contributed by atoms with E-state index in [1.165, 1.54) is 0 Å². The van der Waals surface area contributed by atoms with Crippen LogP contribution in [0.25, 0.3) is 16.6 Å². The summed E-state index contributed by atoms with van der Waals surface area (Å²) in [6.45, 7) is 2.55. The van der Waals surface area contributed by atoms with E-state index in [1.54, 1.807) is 14.2 Å². The number of aliphatic hydroxyl groups is 1. The van der Waals surface area contributed by atoms with Crippen molar-refractivity contribution in [1.82, 2.24) is 14.9 Å². The lowest BCUT2D eigenvalue weighted by atomic mass is 10.1. The number of para-hydroxylation sites is 2. The van der Waals surface area contributed by atoms with Gasteiger partial charge in [0.2, 0.25) is 0 Å². The second-order valence-electron chi connectivity index (χ2n) is 7.07. The fraction of sp³-hybridized carbons (Fsp3) is 0.304. The molecule has 0 spiro atoms. The zero-order valence-electron chi connectivity index (χ0n) is 17.6. The molecule has 0 aliphatic heterocycles. The van der Waals surface area contributed by atoms with Crippen LogP contribution >= 0.6 is 0 Å². The number of nitriles is 1. The van der Waals surface area contributed by atoms with Gasteiger partial charge in [-0.15, -0.1) is 0 Å². The molecule has 1 atom stereocenters. The second-order valence-corrected chi connectivity index (χ2v) is 7.07. The number of fused-ring (bicyclic) bond motifs is 1. The van der Waals surface area contributed by atoms with Crippen LogP contribution in [0.4, 0.5) is 0 Å². The largest absolute Gasteiger partial charge is 0.509 e. The maximum Gasteiger partial charge on any atom is 0.160 e. The van der Waals surface area contributed by atoms with Crippen LogP contribution in [-0.2, 0) is 6.42 Å². The van der Waals surface area contributed by atoms with Gasteiger partial charge in [0.15, 0.2) is 17.3 Å². The molecule has 30 heavy (non-hydrogen) atoms. The van der Waals surface area contributed by atoms with E-state index in [2.05, 4.69) is 16.0 Å². The van der Waals surface area contributed by atoms with Crippen molar-refractivity contribution in [1.29, 1.82) is 5.26 Å². The van der Waals surface area contributed by atoms with Gasteiger partial charge in [0.05, 0.1) is 31.3 Å². The summed E-state index contributed by atoms with van der Waals surface area (Å²) in [6.07, 6.45) is 0.751. The minimum Gasteiger partial charge on any atom is -0.509 e. The predicted octanol–water partition coefficient (Wildman–Crippen LogP) is 3.94. The molecule has 1 aromatic heterocycles. The molecular formula is C23H26N4O3. The zero-order valence-corrected chi connectivity index (χ0v) is 17.6. The third-order valence-corrected chi connectivity index (χ3v) is 5.25. The summed E-state index contributed by atoms with van der Waals surface area (Å²) in [7, 11) is 5.13. The van der Waals surface area contributed by atoms with Gasteiger partial charge in [-0.1, -0.05) is 18.2 Å². The van der Waals surface area contributed by atoms with Crippen LogP contribution in [0.5, 0.6) is 11.5 Å². The van der Waals surface area contributed by atoms with Crippen LogP contribution in [0.1, 0.15) is 18.3 Å². The van der Waals surface area contributed by atoms with Gasteiger partial charge < -0.3 is 19.6 Å². The number of aliphatic hydroxyl groups excluding tert-OH is 1. The number of nitrogens with one attached hydrogen (secondary N) is 1. The molecule has 0 saturated carbocycles. The number of benzene rings is 2. The van der Waals surface area contributed by atoms with Gasteiger partial charge >= 0.3 is 0 Å². The van der Waals surface area contributed by atoms with Gasteiger partial charge in [-0.2, -0.15) is 5.26 Å². The molecule has 0 radical (unpaired) electrons. The van der Waals surface area contributed by atoms with Crippen LogP contribution in [0.3, 0.4) is 0 Å². The summed E-state index contributed by atoms with van der Waals surface area (Å²) in [5, 5.41) is 20.4. The van der Waals surface area contributed by atoms with Crippen LogP contribution < -0.4 is 9.47 Å². The van der Waals surface area contributed by atoms with Crippen molar-refractivity contribution in [3.05, 3.63) is 59.6 Å². The molecule has 0 unspecified atom stereocenters. The van der Waals surface area contributed by atoms with E-state index in [4.69, 9.17) is 9.47 Å². The lowest BCUT2D eigenvalue weighted by Crippen LogP contribution is -2.33. The molecule has 7 nitrogen and oxygen atoms in total. The number of aromatic amines is 1. The lowest BCUT2D eigenvalue weighted by Gasteiger charge is -2.24. The molecule has 0 aliphatic rings. The average Bonchev–Trinajstić information content (AvgIpc) is 3.20. The molecule has 1 heterocycles. The third kappa shape index (κ3) is 4.39.